The zero-order valence-electron chi connectivity index (χ0n) is 10.9. The first-order chi connectivity index (χ1) is 9.11. The Morgan fingerprint density at radius 1 is 1.16 bits per heavy atom. The average Bonchev–Trinajstić information content (AvgIpc) is 2.39. The maximum Gasteiger partial charge on any atom is 0.251 e. The van der Waals surface area contributed by atoms with Crippen molar-refractivity contribution in [1.29, 1.82) is 0 Å². The summed E-state index contributed by atoms with van der Waals surface area (Å²) in [6, 6.07) is 2.25. The number of halogens is 2. The minimum atomic E-state index is -0.753. The summed E-state index contributed by atoms with van der Waals surface area (Å²) < 4.78 is 27.1. The molecule has 0 bridgehead atoms. The topological polar surface area (TPSA) is 41.1 Å². The number of amides is 1. The van der Waals surface area contributed by atoms with Crippen LogP contribution in [0, 0.1) is 11.6 Å². The van der Waals surface area contributed by atoms with E-state index < -0.39 is 17.5 Å². The van der Waals surface area contributed by atoms with Gasteiger partial charge in [0.15, 0.2) is 0 Å². The van der Waals surface area contributed by atoms with Gasteiger partial charge in [-0.05, 0) is 25.0 Å². The van der Waals surface area contributed by atoms with Crippen molar-refractivity contribution in [1.82, 2.24) is 5.32 Å². The van der Waals surface area contributed by atoms with Gasteiger partial charge < -0.3 is 10.6 Å². The average molecular weight is 268 g/mol. The molecule has 19 heavy (non-hydrogen) atoms. The van der Waals surface area contributed by atoms with Crippen molar-refractivity contribution in [3.8, 4) is 0 Å². The molecule has 2 rings (SSSR count). The fourth-order valence-electron chi connectivity index (χ4n) is 2.46. The summed E-state index contributed by atoms with van der Waals surface area (Å²) in [6.45, 7) is 0. The molecule has 1 aliphatic carbocycles. The Balaban J connectivity index is 2.10. The van der Waals surface area contributed by atoms with Gasteiger partial charge in [-0.2, -0.15) is 0 Å². The normalized spacial score (nSPS) is 16.2. The van der Waals surface area contributed by atoms with Crippen LogP contribution in [0.5, 0.6) is 0 Å². The van der Waals surface area contributed by atoms with Crippen molar-refractivity contribution >= 4 is 11.6 Å². The first-order valence-electron chi connectivity index (χ1n) is 6.59. The summed E-state index contributed by atoms with van der Waals surface area (Å²) in [4.78, 5) is 12.0. The Labute approximate surface area is 111 Å². The molecule has 0 saturated heterocycles. The molecule has 0 unspecified atom stereocenters. The van der Waals surface area contributed by atoms with E-state index in [2.05, 4.69) is 10.6 Å². The zero-order valence-corrected chi connectivity index (χ0v) is 10.9. The summed E-state index contributed by atoms with van der Waals surface area (Å²) in [6.07, 6.45) is 5.24. The smallest absolute Gasteiger partial charge is 0.251 e. The van der Waals surface area contributed by atoms with Crippen LogP contribution in [0.25, 0.3) is 0 Å². The van der Waals surface area contributed by atoms with Crippen LogP contribution in [0.15, 0.2) is 12.1 Å². The lowest BCUT2D eigenvalue weighted by Crippen LogP contribution is -2.36. The van der Waals surface area contributed by atoms with Gasteiger partial charge in [0.2, 0.25) is 0 Å². The molecule has 1 aliphatic rings. The van der Waals surface area contributed by atoms with Crippen LogP contribution in [0.2, 0.25) is 0 Å². The van der Waals surface area contributed by atoms with E-state index in [-0.39, 0.29) is 17.3 Å². The van der Waals surface area contributed by atoms with Crippen LogP contribution in [0.3, 0.4) is 0 Å². The van der Waals surface area contributed by atoms with Crippen LogP contribution in [0.1, 0.15) is 42.5 Å². The van der Waals surface area contributed by atoms with Gasteiger partial charge in [-0.1, -0.05) is 19.3 Å². The van der Waals surface area contributed by atoms with Gasteiger partial charge in [0, 0.05) is 18.7 Å². The van der Waals surface area contributed by atoms with E-state index in [0.717, 1.165) is 37.8 Å². The van der Waals surface area contributed by atoms with E-state index >= 15 is 0 Å². The van der Waals surface area contributed by atoms with E-state index in [9.17, 15) is 13.6 Å². The number of carbonyl (C=O) groups excluding carboxylic acids is 1. The van der Waals surface area contributed by atoms with Crippen molar-refractivity contribution < 1.29 is 13.6 Å². The second kappa shape index (κ2) is 5.99. The Bertz CT molecular complexity index is 448. The predicted molar refractivity (Wildman–Crippen MR) is 70.2 cm³/mol. The summed E-state index contributed by atoms with van der Waals surface area (Å²) in [5.74, 6) is -1.92. The molecule has 1 aromatic carbocycles. The molecule has 0 radical (unpaired) electrons. The van der Waals surface area contributed by atoms with Gasteiger partial charge >= 0.3 is 0 Å². The van der Waals surface area contributed by atoms with E-state index in [1.807, 2.05) is 0 Å². The first-order valence-corrected chi connectivity index (χ1v) is 6.59. The lowest BCUT2D eigenvalue weighted by atomic mass is 9.95. The third kappa shape index (κ3) is 3.22. The molecule has 0 atom stereocenters. The van der Waals surface area contributed by atoms with E-state index in [1.54, 1.807) is 0 Å². The number of anilines is 1. The van der Waals surface area contributed by atoms with Gasteiger partial charge in [-0.15, -0.1) is 0 Å². The lowest BCUT2D eigenvalue weighted by molar-refractivity contribution is 0.0927. The Morgan fingerprint density at radius 3 is 2.26 bits per heavy atom. The number of hydrogen-bond donors (Lipinski definition) is 2. The van der Waals surface area contributed by atoms with Gasteiger partial charge in [0.05, 0.1) is 0 Å². The molecule has 1 amide bonds. The fourth-order valence-corrected chi connectivity index (χ4v) is 2.46. The highest BCUT2D eigenvalue weighted by molar-refractivity contribution is 5.94. The monoisotopic (exact) mass is 268 g/mol. The maximum atomic E-state index is 13.6. The van der Waals surface area contributed by atoms with Crippen molar-refractivity contribution in [2.45, 2.75) is 38.1 Å². The highest BCUT2D eigenvalue weighted by Gasteiger charge is 2.19. The van der Waals surface area contributed by atoms with E-state index in [0.29, 0.717) is 0 Å². The summed E-state index contributed by atoms with van der Waals surface area (Å²) in [5.41, 5.74) is -0.186. The zero-order chi connectivity index (χ0) is 13.8. The number of hydrogen-bond acceptors (Lipinski definition) is 2. The van der Waals surface area contributed by atoms with Gasteiger partial charge in [0.25, 0.3) is 5.91 Å². The highest BCUT2D eigenvalue weighted by atomic mass is 19.1. The lowest BCUT2D eigenvalue weighted by Gasteiger charge is -2.22. The number of benzene rings is 1. The molecule has 2 N–H and O–H groups in total. The standard InChI is InChI=1S/C14H18F2N2O/c1-17-13-11(15)7-9(8-12(13)16)14(19)18-10-5-3-2-4-6-10/h7-8,10,17H,2-6H2,1H3,(H,18,19). The molecule has 1 fully saturated rings. The third-order valence-electron chi connectivity index (χ3n) is 3.49. The van der Waals surface area contributed by atoms with Gasteiger partial charge in [0.1, 0.15) is 17.3 Å². The van der Waals surface area contributed by atoms with Crippen molar-refractivity contribution in [3.63, 3.8) is 0 Å². The van der Waals surface area contributed by atoms with Crippen LogP contribution in [-0.2, 0) is 0 Å². The molecule has 0 aliphatic heterocycles. The van der Waals surface area contributed by atoms with Crippen LogP contribution in [0.4, 0.5) is 14.5 Å². The number of nitrogens with one attached hydrogen (secondary N) is 2. The number of rotatable bonds is 3. The van der Waals surface area contributed by atoms with Gasteiger partial charge in [-0.25, -0.2) is 8.78 Å². The molecule has 104 valence electrons. The molecular formula is C14H18F2N2O. The highest BCUT2D eigenvalue weighted by Crippen LogP contribution is 2.21. The molecule has 0 aromatic heterocycles. The summed E-state index contributed by atoms with van der Waals surface area (Å²) in [5, 5.41) is 5.26. The Kier molecular flexibility index (Phi) is 4.35. The molecular weight excluding hydrogens is 250 g/mol. The second-order valence-electron chi connectivity index (χ2n) is 4.87. The van der Waals surface area contributed by atoms with Crippen molar-refractivity contribution in [2.75, 3.05) is 12.4 Å². The quantitative estimate of drug-likeness (QED) is 0.884. The van der Waals surface area contributed by atoms with Crippen molar-refractivity contribution in [3.05, 3.63) is 29.3 Å². The SMILES string of the molecule is CNc1c(F)cc(C(=O)NC2CCCCC2)cc1F. The molecule has 1 saturated carbocycles. The largest absolute Gasteiger partial charge is 0.383 e. The molecule has 1 aromatic rings. The van der Waals surface area contributed by atoms with Gasteiger partial charge in [-0.3, -0.25) is 4.79 Å². The van der Waals surface area contributed by atoms with E-state index in [4.69, 9.17) is 0 Å². The minimum absolute atomic E-state index is 0.0274. The van der Waals surface area contributed by atoms with Crippen LogP contribution in [-0.4, -0.2) is 19.0 Å². The van der Waals surface area contributed by atoms with E-state index in [1.165, 1.54) is 13.5 Å². The molecule has 0 spiro atoms. The molecule has 0 heterocycles. The first kappa shape index (κ1) is 13.8. The van der Waals surface area contributed by atoms with Crippen LogP contribution >= 0.6 is 0 Å². The minimum Gasteiger partial charge on any atom is -0.383 e. The number of carbonyl (C=O) groups is 1. The Morgan fingerprint density at radius 2 is 1.74 bits per heavy atom. The van der Waals surface area contributed by atoms with Crippen molar-refractivity contribution in [2.24, 2.45) is 0 Å². The van der Waals surface area contributed by atoms with Crippen LogP contribution < -0.4 is 10.6 Å². The summed E-state index contributed by atoms with van der Waals surface area (Å²) >= 11 is 0. The predicted octanol–water partition coefficient (Wildman–Crippen LogP) is 3.07. The second-order valence-corrected chi connectivity index (χ2v) is 4.87. The Hall–Kier alpha value is -1.65. The molecule has 5 heteroatoms. The third-order valence-corrected chi connectivity index (χ3v) is 3.49. The maximum absolute atomic E-state index is 13.6. The molecule has 3 nitrogen and oxygen atoms in total. The fraction of sp³-hybridized carbons (Fsp3) is 0.500. The summed E-state index contributed by atoms with van der Waals surface area (Å²) in [7, 11) is 1.43.